The van der Waals surface area contributed by atoms with E-state index in [2.05, 4.69) is 36.6 Å². The van der Waals surface area contributed by atoms with Crippen molar-refractivity contribution in [1.29, 1.82) is 0 Å². The molecule has 0 amide bonds. The third-order valence-corrected chi connectivity index (χ3v) is 3.66. The molecule has 0 spiro atoms. The maximum absolute atomic E-state index is 5.57. The van der Waals surface area contributed by atoms with E-state index in [1.54, 1.807) is 11.3 Å². The summed E-state index contributed by atoms with van der Waals surface area (Å²) >= 11 is 1.71. The fourth-order valence-electron chi connectivity index (χ4n) is 1.57. The number of thiazole rings is 1. The largest absolute Gasteiger partial charge is 0.382 e. The van der Waals surface area contributed by atoms with Gasteiger partial charge < -0.3 is 4.74 Å². The Bertz CT molecular complexity index is 346. The molecule has 0 saturated heterocycles. The molecule has 1 atom stereocenters. The highest BCUT2D eigenvalue weighted by Crippen LogP contribution is 2.24. The zero-order chi connectivity index (χ0) is 13.6. The summed E-state index contributed by atoms with van der Waals surface area (Å²) in [5.41, 5.74) is 4.12. The molecule has 0 saturated carbocycles. The van der Waals surface area contributed by atoms with Crippen LogP contribution in [0.5, 0.6) is 0 Å². The molecule has 18 heavy (non-hydrogen) atoms. The van der Waals surface area contributed by atoms with Gasteiger partial charge in [-0.3, -0.25) is 11.3 Å². The van der Waals surface area contributed by atoms with Crippen molar-refractivity contribution in [2.45, 2.75) is 52.0 Å². The minimum Gasteiger partial charge on any atom is -0.382 e. The lowest BCUT2D eigenvalue weighted by Gasteiger charge is -2.15. The molecule has 0 aliphatic heterocycles. The maximum Gasteiger partial charge on any atom is 0.0944 e. The molecule has 0 aromatic carbocycles. The molecule has 3 N–H and O–H groups in total. The van der Waals surface area contributed by atoms with Crippen LogP contribution in [0.4, 0.5) is 0 Å². The van der Waals surface area contributed by atoms with Crippen LogP contribution in [0.1, 0.15) is 44.8 Å². The van der Waals surface area contributed by atoms with Gasteiger partial charge in [-0.25, -0.2) is 4.98 Å². The first-order valence-corrected chi connectivity index (χ1v) is 7.34. The van der Waals surface area contributed by atoms with Gasteiger partial charge in [-0.1, -0.05) is 20.8 Å². The van der Waals surface area contributed by atoms with E-state index in [4.69, 9.17) is 10.6 Å². The second-order valence-electron chi connectivity index (χ2n) is 5.43. The van der Waals surface area contributed by atoms with E-state index < -0.39 is 0 Å². The van der Waals surface area contributed by atoms with Gasteiger partial charge in [0, 0.05) is 36.5 Å². The number of ether oxygens (including phenoxy) is 1. The highest BCUT2D eigenvalue weighted by Gasteiger charge is 2.18. The van der Waals surface area contributed by atoms with E-state index >= 15 is 0 Å². The Morgan fingerprint density at radius 2 is 2.22 bits per heavy atom. The molecule has 1 unspecified atom stereocenters. The third kappa shape index (κ3) is 5.02. The quantitative estimate of drug-likeness (QED) is 0.453. The van der Waals surface area contributed by atoms with Crippen molar-refractivity contribution in [3.05, 3.63) is 16.1 Å². The molecule has 1 heterocycles. The fraction of sp³-hybridized carbons (Fsp3) is 0.769. The van der Waals surface area contributed by atoms with Gasteiger partial charge >= 0.3 is 0 Å². The topological polar surface area (TPSA) is 60.2 Å². The van der Waals surface area contributed by atoms with Crippen LogP contribution in [-0.4, -0.2) is 24.2 Å². The highest BCUT2D eigenvalue weighted by molar-refractivity contribution is 7.09. The lowest BCUT2D eigenvalue weighted by atomic mass is 9.93. The van der Waals surface area contributed by atoms with Gasteiger partial charge in [-0.15, -0.1) is 11.3 Å². The zero-order valence-corrected chi connectivity index (χ0v) is 12.6. The number of aromatic nitrogens is 1. The van der Waals surface area contributed by atoms with Crippen LogP contribution in [0, 0.1) is 0 Å². The van der Waals surface area contributed by atoms with Crippen LogP contribution < -0.4 is 11.3 Å². The Morgan fingerprint density at radius 3 is 2.72 bits per heavy atom. The van der Waals surface area contributed by atoms with Gasteiger partial charge in [-0.05, 0) is 13.3 Å². The van der Waals surface area contributed by atoms with Crippen LogP contribution >= 0.6 is 11.3 Å². The van der Waals surface area contributed by atoms with Crippen molar-refractivity contribution < 1.29 is 4.74 Å². The number of hydrogen-bond acceptors (Lipinski definition) is 5. The SMILES string of the molecule is CCOCCC(Cc1nc(C(C)(C)C)cs1)NN. The molecule has 0 aliphatic carbocycles. The number of hydrogen-bond donors (Lipinski definition) is 2. The smallest absolute Gasteiger partial charge is 0.0944 e. The Hall–Kier alpha value is -0.490. The van der Waals surface area contributed by atoms with E-state index in [1.807, 2.05) is 6.92 Å². The molecule has 104 valence electrons. The molecule has 1 aromatic rings. The normalized spacial score (nSPS) is 13.8. The average Bonchev–Trinajstić information content (AvgIpc) is 2.76. The predicted molar refractivity (Wildman–Crippen MR) is 76.7 cm³/mol. The fourth-order valence-corrected chi connectivity index (χ4v) is 2.68. The minimum atomic E-state index is 0.117. The standard InChI is InChI=1S/C13H25N3OS/c1-5-17-7-6-10(16-14)8-12-15-11(9-18-12)13(2,3)4/h9-10,16H,5-8,14H2,1-4H3. The molecule has 0 fully saturated rings. The number of hydrazine groups is 1. The van der Waals surface area contributed by atoms with Crippen molar-refractivity contribution in [1.82, 2.24) is 10.4 Å². The molecular formula is C13H25N3OS. The van der Waals surface area contributed by atoms with Gasteiger partial charge in [0.2, 0.25) is 0 Å². The Morgan fingerprint density at radius 1 is 1.50 bits per heavy atom. The van der Waals surface area contributed by atoms with Gasteiger partial charge in [0.1, 0.15) is 0 Å². The molecule has 5 heteroatoms. The number of rotatable bonds is 7. The van der Waals surface area contributed by atoms with E-state index in [-0.39, 0.29) is 11.5 Å². The predicted octanol–water partition coefficient (Wildman–Crippen LogP) is 2.24. The molecular weight excluding hydrogens is 246 g/mol. The summed E-state index contributed by atoms with van der Waals surface area (Å²) in [5.74, 6) is 5.57. The summed E-state index contributed by atoms with van der Waals surface area (Å²) in [5, 5.41) is 3.28. The number of nitrogens with one attached hydrogen (secondary N) is 1. The Kier molecular flexibility index (Phi) is 6.21. The highest BCUT2D eigenvalue weighted by atomic mass is 32.1. The summed E-state index contributed by atoms with van der Waals surface area (Å²) in [4.78, 5) is 4.68. The van der Waals surface area contributed by atoms with Crippen LogP contribution in [0.3, 0.4) is 0 Å². The zero-order valence-electron chi connectivity index (χ0n) is 11.8. The Balaban J connectivity index is 2.51. The summed E-state index contributed by atoms with van der Waals surface area (Å²) in [6.07, 6.45) is 1.78. The second kappa shape index (κ2) is 7.19. The lowest BCUT2D eigenvalue weighted by Crippen LogP contribution is -2.37. The summed E-state index contributed by atoms with van der Waals surface area (Å²) in [6, 6.07) is 0.232. The van der Waals surface area contributed by atoms with Gasteiger partial charge in [0.25, 0.3) is 0 Å². The lowest BCUT2D eigenvalue weighted by molar-refractivity contribution is 0.136. The van der Waals surface area contributed by atoms with Crippen molar-refractivity contribution in [2.75, 3.05) is 13.2 Å². The van der Waals surface area contributed by atoms with E-state index in [9.17, 15) is 0 Å². The first-order valence-electron chi connectivity index (χ1n) is 6.46. The second-order valence-corrected chi connectivity index (χ2v) is 6.37. The minimum absolute atomic E-state index is 0.117. The molecule has 1 rings (SSSR count). The summed E-state index contributed by atoms with van der Waals surface area (Å²) < 4.78 is 5.35. The monoisotopic (exact) mass is 271 g/mol. The molecule has 4 nitrogen and oxygen atoms in total. The number of nitrogens with two attached hydrogens (primary N) is 1. The van der Waals surface area contributed by atoms with Gasteiger partial charge in [0.15, 0.2) is 0 Å². The molecule has 0 radical (unpaired) electrons. The van der Waals surface area contributed by atoms with Crippen molar-refractivity contribution >= 4 is 11.3 Å². The molecule has 1 aromatic heterocycles. The number of nitrogens with zero attached hydrogens (tertiary/aromatic N) is 1. The first kappa shape index (κ1) is 15.6. The third-order valence-electron chi connectivity index (χ3n) is 2.79. The van der Waals surface area contributed by atoms with E-state index in [0.29, 0.717) is 0 Å². The van der Waals surface area contributed by atoms with Gasteiger partial charge in [0.05, 0.1) is 10.7 Å². The summed E-state index contributed by atoms with van der Waals surface area (Å²) in [7, 11) is 0. The van der Waals surface area contributed by atoms with Crippen LogP contribution in [-0.2, 0) is 16.6 Å². The van der Waals surface area contributed by atoms with Crippen molar-refractivity contribution in [3.63, 3.8) is 0 Å². The summed E-state index contributed by atoms with van der Waals surface area (Å²) in [6.45, 7) is 10.0. The Labute approximate surface area is 114 Å². The average molecular weight is 271 g/mol. The van der Waals surface area contributed by atoms with Gasteiger partial charge in [-0.2, -0.15) is 0 Å². The van der Waals surface area contributed by atoms with E-state index in [1.165, 1.54) is 0 Å². The van der Waals surface area contributed by atoms with Crippen LogP contribution in [0.25, 0.3) is 0 Å². The maximum atomic E-state index is 5.57. The molecule has 0 bridgehead atoms. The van der Waals surface area contributed by atoms with Crippen molar-refractivity contribution in [2.24, 2.45) is 5.84 Å². The van der Waals surface area contributed by atoms with Crippen LogP contribution in [0.15, 0.2) is 5.38 Å². The van der Waals surface area contributed by atoms with Crippen molar-refractivity contribution in [3.8, 4) is 0 Å². The first-order chi connectivity index (χ1) is 8.47. The van der Waals surface area contributed by atoms with Crippen LogP contribution in [0.2, 0.25) is 0 Å². The molecule has 0 aliphatic rings. The van der Waals surface area contributed by atoms with E-state index in [0.717, 1.165) is 36.8 Å².